The summed E-state index contributed by atoms with van der Waals surface area (Å²) in [5, 5.41) is 0. The summed E-state index contributed by atoms with van der Waals surface area (Å²) in [6.07, 6.45) is 4.54. The predicted molar refractivity (Wildman–Crippen MR) is 156 cm³/mol. The summed E-state index contributed by atoms with van der Waals surface area (Å²) in [6, 6.07) is 0. The maximum Gasteiger partial charge on any atom is 0.737 e. The van der Waals surface area contributed by atoms with Crippen LogP contribution in [0.3, 0.4) is 0 Å². The van der Waals surface area contributed by atoms with Crippen LogP contribution in [0.5, 0.6) is 0 Å². The highest BCUT2D eigenvalue weighted by Crippen LogP contribution is 2.45. The van der Waals surface area contributed by atoms with Gasteiger partial charge in [0.15, 0.2) is 11.4 Å². The van der Waals surface area contributed by atoms with Gasteiger partial charge in [-0.1, -0.05) is 13.8 Å². The van der Waals surface area contributed by atoms with Crippen LogP contribution in [0.2, 0.25) is 0 Å². The lowest BCUT2D eigenvalue weighted by Crippen LogP contribution is -2.55. The van der Waals surface area contributed by atoms with Gasteiger partial charge in [0, 0.05) is 45.8 Å². The Morgan fingerprint density at radius 2 is 0.900 bits per heavy atom. The molecule has 2 aromatic rings. The van der Waals surface area contributed by atoms with Gasteiger partial charge in [-0.3, -0.25) is 0 Å². The van der Waals surface area contributed by atoms with Gasteiger partial charge < -0.3 is 35.2 Å². The Morgan fingerprint density at radius 1 is 0.575 bits per heavy atom. The molecule has 40 heavy (non-hydrogen) atoms. The average molecular weight is 550 g/mol. The van der Waals surface area contributed by atoms with E-state index in [0.29, 0.717) is 58.2 Å². The number of hydrogen-bond donors (Lipinski definition) is 0. The fourth-order valence-electron chi connectivity index (χ4n) is 7.59. The third-order valence-corrected chi connectivity index (χ3v) is 10.2. The van der Waals surface area contributed by atoms with Crippen LogP contribution in [-0.4, -0.2) is 43.3 Å². The molecule has 6 rings (SSSR count). The van der Waals surface area contributed by atoms with Crippen molar-refractivity contribution in [3.63, 3.8) is 0 Å². The molecule has 0 unspecified atom stereocenters. The maximum atomic E-state index is 16.9. The minimum atomic E-state index is -4.35. The van der Waals surface area contributed by atoms with Crippen LogP contribution < -0.4 is 0 Å². The maximum absolute atomic E-state index is 16.9. The van der Waals surface area contributed by atoms with Gasteiger partial charge in [0.2, 0.25) is 11.4 Å². The Hall–Kier alpha value is -3.29. The fourth-order valence-corrected chi connectivity index (χ4v) is 7.59. The van der Waals surface area contributed by atoms with Crippen molar-refractivity contribution in [3.05, 3.63) is 78.7 Å². The van der Waals surface area contributed by atoms with Crippen LogP contribution in [0.25, 0.3) is 12.2 Å². The Bertz CT molecular complexity index is 1660. The molecule has 0 spiro atoms. The molecule has 4 nitrogen and oxygen atoms in total. The number of aromatic nitrogens is 2. The van der Waals surface area contributed by atoms with Crippen LogP contribution in [0.1, 0.15) is 85.6 Å². The van der Waals surface area contributed by atoms with Crippen LogP contribution in [0.15, 0.2) is 33.7 Å². The molecule has 4 aliphatic heterocycles. The second-order valence-corrected chi connectivity index (χ2v) is 11.8. The lowest BCUT2D eigenvalue weighted by molar-refractivity contribution is -0.376. The highest BCUT2D eigenvalue weighted by Gasteiger charge is 2.61. The Kier molecular flexibility index (Phi) is 5.47. The Labute approximate surface area is 233 Å². The van der Waals surface area contributed by atoms with E-state index in [-0.39, 0.29) is 11.4 Å². The van der Waals surface area contributed by atoms with Crippen molar-refractivity contribution in [2.75, 3.05) is 0 Å². The van der Waals surface area contributed by atoms with E-state index in [0.717, 1.165) is 51.3 Å². The lowest BCUT2D eigenvalue weighted by atomic mass is 9.87. The summed E-state index contributed by atoms with van der Waals surface area (Å²) in [7, 11) is 0. The van der Waals surface area contributed by atoms with Crippen LogP contribution in [0, 0.1) is 41.5 Å². The first-order chi connectivity index (χ1) is 18.6. The molecule has 0 bridgehead atoms. The third-order valence-electron chi connectivity index (χ3n) is 10.2. The fraction of sp³-hybridized carbons (Fsp3) is 0.400. The molecule has 0 atom stereocenters. The second-order valence-electron chi connectivity index (χ2n) is 11.8. The van der Waals surface area contributed by atoms with Gasteiger partial charge in [0.1, 0.15) is 0 Å². The smallest absolute Gasteiger partial charge is 0.394 e. The van der Waals surface area contributed by atoms with E-state index in [4.69, 9.17) is 0 Å². The van der Waals surface area contributed by atoms with Gasteiger partial charge in [0.25, 0.3) is 0 Å². The van der Waals surface area contributed by atoms with Crippen molar-refractivity contribution in [2.24, 2.45) is 0 Å². The summed E-state index contributed by atoms with van der Waals surface area (Å²) in [5.41, 5.74) is 9.33. The first kappa shape index (κ1) is 26.9. The molecule has 0 saturated carbocycles. The van der Waals surface area contributed by atoms with E-state index in [1.165, 1.54) is 0 Å². The number of rotatable bonds is 3. The molecule has 2 aromatic heterocycles. The van der Waals surface area contributed by atoms with Crippen molar-refractivity contribution in [2.45, 2.75) is 82.1 Å². The van der Waals surface area contributed by atoms with Crippen LogP contribution in [0.4, 0.5) is 17.3 Å². The topological polar surface area (TPSA) is 15.9 Å². The van der Waals surface area contributed by atoms with E-state index >= 15 is 17.3 Å². The van der Waals surface area contributed by atoms with Gasteiger partial charge >= 0.3 is 13.9 Å². The molecule has 0 aromatic carbocycles. The summed E-state index contributed by atoms with van der Waals surface area (Å²) >= 11 is 0. The molecular formula is C30H36B2F4N4. The summed E-state index contributed by atoms with van der Waals surface area (Å²) < 4.78 is 72.1. The predicted octanol–water partition coefficient (Wildman–Crippen LogP) is 7.38. The molecule has 0 N–H and O–H groups in total. The van der Waals surface area contributed by atoms with E-state index in [1.54, 1.807) is 13.8 Å². The Balaban J connectivity index is 1.78. The molecule has 0 amide bonds. The van der Waals surface area contributed by atoms with Gasteiger partial charge in [-0.15, -0.1) is 0 Å². The average Bonchev–Trinajstić information content (AvgIpc) is 3.50. The molecule has 0 saturated heterocycles. The lowest BCUT2D eigenvalue weighted by Gasteiger charge is -2.32. The first-order valence-corrected chi connectivity index (χ1v) is 14.2. The zero-order valence-corrected chi connectivity index (χ0v) is 25.0. The van der Waals surface area contributed by atoms with Crippen molar-refractivity contribution < 1.29 is 26.2 Å². The van der Waals surface area contributed by atoms with E-state index in [1.807, 2.05) is 67.5 Å². The van der Waals surface area contributed by atoms with Gasteiger partial charge in [-0.05, 0) is 102 Å². The zero-order valence-electron chi connectivity index (χ0n) is 25.0. The van der Waals surface area contributed by atoms with Gasteiger partial charge in [0.05, 0.1) is 0 Å². The largest absolute Gasteiger partial charge is 0.737 e. The van der Waals surface area contributed by atoms with E-state index < -0.39 is 13.9 Å². The van der Waals surface area contributed by atoms with E-state index in [2.05, 4.69) is 0 Å². The van der Waals surface area contributed by atoms with E-state index in [9.17, 15) is 0 Å². The molecule has 10 heteroatoms. The SMILES string of the molecule is CCC1=C(C)C2=Cc3c(C)c(C)c(C)n3[B-](F)(F)[N+]2=C1C1=[N+]2C(=Cc3c(C)c(C)c(C)n3[B-]2(F)F)C(C)=C1CC. The molecule has 6 heterocycles. The first-order valence-electron chi connectivity index (χ1n) is 14.2. The van der Waals surface area contributed by atoms with Gasteiger partial charge in [-0.2, -0.15) is 0 Å². The summed E-state index contributed by atoms with van der Waals surface area (Å²) in [4.78, 5) is 0. The monoisotopic (exact) mass is 550 g/mol. The quantitative estimate of drug-likeness (QED) is 0.280. The summed E-state index contributed by atoms with van der Waals surface area (Å²) in [6.45, 7) is 9.70. The highest BCUT2D eigenvalue weighted by atomic mass is 19.3. The molecular weight excluding hydrogens is 514 g/mol. The molecule has 0 fully saturated rings. The number of halogens is 4. The zero-order chi connectivity index (χ0) is 29.4. The number of allylic oxidation sites excluding steroid dienone is 4. The van der Waals surface area contributed by atoms with Crippen LogP contribution in [-0.2, 0) is 0 Å². The molecule has 0 aliphatic carbocycles. The van der Waals surface area contributed by atoms with Crippen molar-refractivity contribution in [1.82, 2.24) is 8.96 Å². The number of nitrogens with zero attached hydrogens (tertiary/aromatic N) is 4. The standard InChI is InChI=1S/C30H36B2F4N4/c1-11-23-19(7)27-13-25-17(5)15(3)21(9)37(25)31(33,34)39(27)29(23)30-24(12-2)20(8)28-14-26-18(6)16(4)22(10)38(26)32(35,36)40(28)30/h13-14H,11-12H2,1-10H3. The molecule has 4 aliphatic rings. The second kappa shape index (κ2) is 8.14. The van der Waals surface area contributed by atoms with Crippen molar-refractivity contribution in [1.29, 1.82) is 0 Å². The normalized spacial score (nSPS) is 20.8. The van der Waals surface area contributed by atoms with Crippen LogP contribution >= 0.6 is 0 Å². The minimum Gasteiger partial charge on any atom is -0.394 e. The van der Waals surface area contributed by atoms with Crippen molar-refractivity contribution in [3.8, 4) is 0 Å². The molecule has 0 radical (unpaired) electrons. The summed E-state index contributed by atoms with van der Waals surface area (Å²) in [5.74, 6) is 0. The third kappa shape index (κ3) is 2.90. The number of fused-ring (bicyclic) bond motifs is 4. The van der Waals surface area contributed by atoms with Crippen molar-refractivity contribution >= 4 is 37.5 Å². The highest BCUT2D eigenvalue weighted by molar-refractivity contribution is 6.65. The minimum absolute atomic E-state index is 0.216. The molecule has 210 valence electrons. The van der Waals surface area contributed by atoms with Gasteiger partial charge in [-0.25, -0.2) is 0 Å². The number of hydrogen-bond acceptors (Lipinski definition) is 0. The Morgan fingerprint density at radius 3 is 1.20 bits per heavy atom.